The minimum atomic E-state index is -3.65. The molecule has 0 atom stereocenters. The van der Waals surface area contributed by atoms with Crippen molar-refractivity contribution in [2.45, 2.75) is 43.5 Å². The highest BCUT2D eigenvalue weighted by molar-refractivity contribution is 7.89. The van der Waals surface area contributed by atoms with Crippen LogP contribution in [0.25, 0.3) is 0 Å². The standard InChI is InChI=1S/C14H21F2N3O3S/c1-14(6-13(15)16)9-18(10-14)23(20,21)12-7-17-19(8-12)11-2-4-22-5-3-11/h7-8,11,13H,2-6,9-10H2,1H3. The van der Waals surface area contributed by atoms with Crippen molar-refractivity contribution in [2.75, 3.05) is 26.3 Å². The number of rotatable bonds is 5. The number of halogens is 2. The Morgan fingerprint density at radius 1 is 1.39 bits per heavy atom. The van der Waals surface area contributed by atoms with E-state index in [-0.39, 0.29) is 30.4 Å². The molecule has 0 aliphatic carbocycles. The van der Waals surface area contributed by atoms with Crippen LogP contribution in [0.2, 0.25) is 0 Å². The lowest BCUT2D eigenvalue weighted by atomic mass is 9.81. The van der Waals surface area contributed by atoms with Crippen LogP contribution in [0.1, 0.15) is 32.2 Å². The van der Waals surface area contributed by atoms with Crippen LogP contribution < -0.4 is 0 Å². The zero-order valence-corrected chi connectivity index (χ0v) is 13.8. The Morgan fingerprint density at radius 2 is 2.04 bits per heavy atom. The van der Waals surface area contributed by atoms with Crippen LogP contribution in [0, 0.1) is 5.41 Å². The topological polar surface area (TPSA) is 64.4 Å². The Kier molecular flexibility index (Phi) is 4.45. The molecule has 1 aromatic rings. The van der Waals surface area contributed by atoms with E-state index in [1.807, 2.05) is 0 Å². The fraction of sp³-hybridized carbons (Fsp3) is 0.786. The van der Waals surface area contributed by atoms with Crippen LogP contribution in [0.15, 0.2) is 17.3 Å². The molecule has 3 heterocycles. The van der Waals surface area contributed by atoms with Gasteiger partial charge >= 0.3 is 0 Å². The molecule has 23 heavy (non-hydrogen) atoms. The van der Waals surface area contributed by atoms with Crippen molar-refractivity contribution in [3.8, 4) is 0 Å². The van der Waals surface area contributed by atoms with E-state index in [9.17, 15) is 17.2 Å². The van der Waals surface area contributed by atoms with Crippen LogP contribution >= 0.6 is 0 Å². The molecule has 9 heteroatoms. The van der Waals surface area contributed by atoms with E-state index in [1.165, 1.54) is 16.7 Å². The van der Waals surface area contributed by atoms with Gasteiger partial charge in [0.25, 0.3) is 0 Å². The predicted molar refractivity (Wildman–Crippen MR) is 78.8 cm³/mol. The second-order valence-electron chi connectivity index (χ2n) is 6.68. The summed E-state index contributed by atoms with van der Waals surface area (Å²) in [5, 5.41) is 4.17. The molecule has 1 aromatic heterocycles. The Hall–Kier alpha value is -1.06. The van der Waals surface area contributed by atoms with Crippen LogP contribution in [0.3, 0.4) is 0 Å². The first kappa shape index (κ1) is 16.8. The fourth-order valence-electron chi connectivity index (χ4n) is 3.23. The highest BCUT2D eigenvalue weighted by Gasteiger charge is 2.46. The van der Waals surface area contributed by atoms with E-state index in [0.29, 0.717) is 13.2 Å². The number of sulfonamides is 1. The van der Waals surface area contributed by atoms with Crippen molar-refractivity contribution in [3.63, 3.8) is 0 Å². The average Bonchev–Trinajstić information content (AvgIpc) is 2.95. The number of ether oxygens (including phenoxy) is 1. The Balaban J connectivity index is 1.68. The zero-order chi connectivity index (χ0) is 16.7. The van der Waals surface area contributed by atoms with E-state index in [4.69, 9.17) is 4.74 Å². The number of hydrogen-bond donors (Lipinski definition) is 0. The van der Waals surface area contributed by atoms with Gasteiger partial charge < -0.3 is 4.74 Å². The van der Waals surface area contributed by atoms with Crippen LogP contribution in [0.5, 0.6) is 0 Å². The van der Waals surface area contributed by atoms with Gasteiger partial charge in [-0.1, -0.05) is 6.92 Å². The van der Waals surface area contributed by atoms with E-state index >= 15 is 0 Å². The summed E-state index contributed by atoms with van der Waals surface area (Å²) in [6, 6.07) is 0.146. The maximum atomic E-state index is 12.5. The lowest BCUT2D eigenvalue weighted by Crippen LogP contribution is -2.57. The fourth-order valence-corrected chi connectivity index (χ4v) is 4.91. The van der Waals surface area contributed by atoms with Gasteiger partial charge in [-0.2, -0.15) is 9.40 Å². The largest absolute Gasteiger partial charge is 0.381 e. The summed E-state index contributed by atoms with van der Waals surface area (Å²) in [6.45, 7) is 3.23. The molecule has 2 fully saturated rings. The zero-order valence-electron chi connectivity index (χ0n) is 13.0. The second-order valence-corrected chi connectivity index (χ2v) is 8.62. The summed E-state index contributed by atoms with van der Waals surface area (Å²) in [6.07, 6.45) is 1.79. The van der Waals surface area contributed by atoms with Gasteiger partial charge in [0.1, 0.15) is 4.90 Å². The Bertz CT molecular complexity index is 650. The molecule has 0 amide bonds. The molecule has 0 unspecified atom stereocenters. The first-order chi connectivity index (χ1) is 10.8. The molecule has 0 spiro atoms. The summed E-state index contributed by atoms with van der Waals surface area (Å²) in [5.74, 6) is 0. The maximum absolute atomic E-state index is 12.5. The van der Waals surface area contributed by atoms with Crippen LogP contribution in [0.4, 0.5) is 8.78 Å². The van der Waals surface area contributed by atoms with Gasteiger partial charge in [0, 0.05) is 44.3 Å². The molecule has 0 radical (unpaired) electrons. The first-order valence-electron chi connectivity index (χ1n) is 7.70. The van der Waals surface area contributed by atoms with E-state index in [0.717, 1.165) is 12.8 Å². The van der Waals surface area contributed by atoms with Crippen molar-refractivity contribution in [1.29, 1.82) is 0 Å². The summed E-state index contributed by atoms with van der Waals surface area (Å²) < 4.78 is 58.3. The normalized spacial score (nSPS) is 23.1. The van der Waals surface area contributed by atoms with Gasteiger partial charge in [-0.25, -0.2) is 17.2 Å². The molecule has 2 aliphatic heterocycles. The number of alkyl halides is 2. The minimum absolute atomic E-state index is 0.127. The second kappa shape index (κ2) is 6.10. The molecule has 2 saturated heterocycles. The highest BCUT2D eigenvalue weighted by atomic mass is 32.2. The number of aromatic nitrogens is 2. The van der Waals surface area contributed by atoms with E-state index < -0.39 is 21.9 Å². The van der Waals surface area contributed by atoms with Gasteiger partial charge in [0.2, 0.25) is 16.4 Å². The van der Waals surface area contributed by atoms with Crippen LogP contribution in [-0.4, -0.2) is 55.2 Å². The monoisotopic (exact) mass is 349 g/mol. The Labute approximate surface area is 134 Å². The number of hydrogen-bond acceptors (Lipinski definition) is 4. The molecule has 130 valence electrons. The summed E-state index contributed by atoms with van der Waals surface area (Å²) in [4.78, 5) is 0.128. The van der Waals surface area contributed by atoms with E-state index in [2.05, 4.69) is 5.10 Å². The predicted octanol–water partition coefficient (Wildman–Crippen LogP) is 1.90. The molecular weight excluding hydrogens is 328 g/mol. The first-order valence-corrected chi connectivity index (χ1v) is 9.14. The summed E-state index contributed by atoms with van der Waals surface area (Å²) in [7, 11) is -3.65. The number of nitrogens with zero attached hydrogens (tertiary/aromatic N) is 3. The van der Waals surface area contributed by atoms with Crippen molar-refractivity contribution in [3.05, 3.63) is 12.4 Å². The smallest absolute Gasteiger partial charge is 0.246 e. The molecule has 0 aromatic carbocycles. The van der Waals surface area contributed by atoms with Crippen molar-refractivity contribution in [1.82, 2.24) is 14.1 Å². The maximum Gasteiger partial charge on any atom is 0.246 e. The van der Waals surface area contributed by atoms with Crippen molar-refractivity contribution < 1.29 is 21.9 Å². The molecular formula is C14H21F2N3O3S. The van der Waals surface area contributed by atoms with Crippen molar-refractivity contribution >= 4 is 10.0 Å². The summed E-state index contributed by atoms with van der Waals surface area (Å²) >= 11 is 0. The van der Waals surface area contributed by atoms with Gasteiger partial charge in [0.15, 0.2) is 0 Å². The van der Waals surface area contributed by atoms with Crippen LogP contribution in [-0.2, 0) is 14.8 Å². The third kappa shape index (κ3) is 3.41. The third-order valence-corrected chi connectivity index (χ3v) is 6.29. The quantitative estimate of drug-likeness (QED) is 0.814. The lowest BCUT2D eigenvalue weighted by molar-refractivity contribution is 0.00977. The lowest BCUT2D eigenvalue weighted by Gasteiger charge is -2.46. The highest BCUT2D eigenvalue weighted by Crippen LogP contribution is 2.39. The molecule has 0 bridgehead atoms. The molecule has 2 aliphatic rings. The average molecular weight is 349 g/mol. The minimum Gasteiger partial charge on any atom is -0.381 e. The molecule has 3 rings (SSSR count). The molecule has 0 saturated carbocycles. The van der Waals surface area contributed by atoms with Gasteiger partial charge in [-0.15, -0.1) is 0 Å². The van der Waals surface area contributed by atoms with Crippen molar-refractivity contribution in [2.24, 2.45) is 5.41 Å². The van der Waals surface area contributed by atoms with E-state index in [1.54, 1.807) is 11.6 Å². The summed E-state index contributed by atoms with van der Waals surface area (Å²) in [5.41, 5.74) is -0.641. The van der Waals surface area contributed by atoms with Gasteiger partial charge in [-0.3, -0.25) is 4.68 Å². The van der Waals surface area contributed by atoms with Gasteiger partial charge in [0.05, 0.1) is 12.2 Å². The molecule has 0 N–H and O–H groups in total. The third-order valence-electron chi connectivity index (χ3n) is 4.54. The Morgan fingerprint density at radius 3 is 2.65 bits per heavy atom. The van der Waals surface area contributed by atoms with Gasteiger partial charge in [-0.05, 0) is 12.8 Å². The molecule has 6 nitrogen and oxygen atoms in total. The SMILES string of the molecule is CC1(CC(F)F)CN(S(=O)(=O)c2cnn(C3CCOCC3)c2)C1.